The van der Waals surface area contributed by atoms with Gasteiger partial charge in [-0.2, -0.15) is 0 Å². The SMILES string of the molecule is Cc1nc2ccccc2n1C(=O)[C@H]1[C@H](C=C(Cl)Cl)C1(C)C. The third kappa shape index (κ3) is 2.29. The molecular weight excluding hydrogens is 307 g/mol. The molecule has 1 heterocycles. The van der Waals surface area contributed by atoms with Crippen LogP contribution in [-0.4, -0.2) is 15.5 Å². The van der Waals surface area contributed by atoms with Crippen LogP contribution in [0.15, 0.2) is 34.8 Å². The second kappa shape index (κ2) is 4.85. The Kier molecular flexibility index (Phi) is 3.38. The van der Waals surface area contributed by atoms with Crippen LogP contribution in [0.4, 0.5) is 0 Å². The summed E-state index contributed by atoms with van der Waals surface area (Å²) in [5.41, 5.74) is 1.55. The Hall–Kier alpha value is -1.32. The standard InChI is InChI=1S/C16H16Cl2N2O/c1-9-19-11-6-4-5-7-12(11)20(9)15(21)14-10(8-13(17)18)16(14,2)3/h4-8,10,14H,1-3H3/t10-,14+/m0/s1. The number of imidazole rings is 1. The van der Waals surface area contributed by atoms with Crippen molar-refractivity contribution in [2.45, 2.75) is 20.8 Å². The Morgan fingerprint density at radius 1 is 1.33 bits per heavy atom. The van der Waals surface area contributed by atoms with E-state index in [1.165, 1.54) is 0 Å². The zero-order valence-corrected chi connectivity index (χ0v) is 13.6. The molecule has 5 heteroatoms. The summed E-state index contributed by atoms with van der Waals surface area (Å²) < 4.78 is 1.92. The normalized spacial score (nSPS) is 23.1. The first-order valence-electron chi connectivity index (χ1n) is 6.85. The minimum absolute atomic E-state index is 0.0574. The highest BCUT2D eigenvalue weighted by Gasteiger charge is 2.61. The number of hydrogen-bond donors (Lipinski definition) is 0. The van der Waals surface area contributed by atoms with Crippen molar-refractivity contribution in [2.24, 2.45) is 17.3 Å². The number of para-hydroxylation sites is 2. The van der Waals surface area contributed by atoms with E-state index in [0.29, 0.717) is 5.82 Å². The first-order chi connectivity index (χ1) is 9.84. The lowest BCUT2D eigenvalue weighted by molar-refractivity contribution is 0.0871. The number of aromatic nitrogens is 2. The average Bonchev–Trinajstić information content (AvgIpc) is 2.77. The molecule has 3 nitrogen and oxygen atoms in total. The number of benzene rings is 1. The second-order valence-corrected chi connectivity index (χ2v) is 7.11. The van der Waals surface area contributed by atoms with Crippen molar-refractivity contribution in [3.8, 4) is 0 Å². The van der Waals surface area contributed by atoms with Crippen LogP contribution < -0.4 is 0 Å². The zero-order chi connectivity index (χ0) is 15.4. The molecule has 1 aliphatic carbocycles. The molecule has 0 amide bonds. The van der Waals surface area contributed by atoms with E-state index in [9.17, 15) is 4.79 Å². The van der Waals surface area contributed by atoms with E-state index in [-0.39, 0.29) is 27.6 Å². The van der Waals surface area contributed by atoms with E-state index in [1.807, 2.05) is 31.2 Å². The number of nitrogens with zero attached hydrogens (tertiary/aromatic N) is 2. The number of carbonyl (C=O) groups is 1. The van der Waals surface area contributed by atoms with Crippen LogP contribution in [0.1, 0.15) is 24.5 Å². The molecule has 1 aliphatic rings. The Labute approximate surface area is 133 Å². The Bertz CT molecular complexity index is 757. The van der Waals surface area contributed by atoms with Gasteiger partial charge in [-0.25, -0.2) is 4.98 Å². The molecule has 2 atom stereocenters. The van der Waals surface area contributed by atoms with Crippen molar-refractivity contribution >= 4 is 40.1 Å². The molecule has 0 unspecified atom stereocenters. The third-order valence-corrected chi connectivity index (χ3v) is 4.68. The summed E-state index contributed by atoms with van der Waals surface area (Å²) in [6, 6.07) is 7.67. The molecular formula is C16H16Cl2N2O. The van der Waals surface area contributed by atoms with Gasteiger partial charge in [0.2, 0.25) is 5.91 Å². The van der Waals surface area contributed by atoms with E-state index >= 15 is 0 Å². The predicted molar refractivity (Wildman–Crippen MR) is 85.6 cm³/mol. The van der Waals surface area contributed by atoms with Gasteiger partial charge in [-0.3, -0.25) is 9.36 Å². The van der Waals surface area contributed by atoms with Crippen LogP contribution in [-0.2, 0) is 0 Å². The maximum Gasteiger partial charge on any atom is 0.236 e. The number of halogens is 2. The monoisotopic (exact) mass is 322 g/mol. The number of allylic oxidation sites excluding steroid dienone is 1. The average molecular weight is 323 g/mol. The van der Waals surface area contributed by atoms with Crippen LogP contribution >= 0.6 is 23.2 Å². The molecule has 0 aliphatic heterocycles. The minimum atomic E-state index is -0.135. The molecule has 21 heavy (non-hydrogen) atoms. The van der Waals surface area contributed by atoms with Gasteiger partial charge in [-0.15, -0.1) is 0 Å². The van der Waals surface area contributed by atoms with Crippen molar-refractivity contribution in [1.29, 1.82) is 0 Å². The summed E-state index contributed by atoms with van der Waals surface area (Å²) in [5.74, 6) is 0.711. The van der Waals surface area contributed by atoms with Crippen molar-refractivity contribution in [3.05, 3.63) is 40.7 Å². The van der Waals surface area contributed by atoms with Gasteiger partial charge in [0.1, 0.15) is 10.3 Å². The molecule has 110 valence electrons. The van der Waals surface area contributed by atoms with E-state index in [0.717, 1.165) is 11.0 Å². The van der Waals surface area contributed by atoms with Gasteiger partial charge < -0.3 is 0 Å². The quantitative estimate of drug-likeness (QED) is 0.811. The molecule has 1 aromatic carbocycles. The smallest absolute Gasteiger partial charge is 0.236 e. The summed E-state index contributed by atoms with van der Waals surface area (Å²) in [6.07, 6.45) is 1.76. The lowest BCUT2D eigenvalue weighted by Crippen LogP contribution is -2.17. The maximum atomic E-state index is 12.9. The molecule has 1 fully saturated rings. The van der Waals surface area contributed by atoms with Gasteiger partial charge in [0.25, 0.3) is 0 Å². The highest BCUT2D eigenvalue weighted by molar-refractivity contribution is 6.55. The van der Waals surface area contributed by atoms with Gasteiger partial charge in [0, 0.05) is 0 Å². The van der Waals surface area contributed by atoms with Crippen molar-refractivity contribution in [3.63, 3.8) is 0 Å². The summed E-state index contributed by atoms with van der Waals surface area (Å²) in [4.78, 5) is 17.4. The van der Waals surface area contributed by atoms with Gasteiger partial charge >= 0.3 is 0 Å². The Morgan fingerprint density at radius 3 is 2.67 bits per heavy atom. The maximum absolute atomic E-state index is 12.9. The fourth-order valence-electron chi connectivity index (χ4n) is 3.16. The van der Waals surface area contributed by atoms with Gasteiger partial charge in [0.15, 0.2) is 0 Å². The van der Waals surface area contributed by atoms with Crippen molar-refractivity contribution in [1.82, 2.24) is 9.55 Å². The van der Waals surface area contributed by atoms with Crippen molar-refractivity contribution in [2.75, 3.05) is 0 Å². The molecule has 0 saturated heterocycles. The number of carbonyl (C=O) groups excluding carboxylic acids is 1. The van der Waals surface area contributed by atoms with E-state index in [2.05, 4.69) is 18.8 Å². The summed E-state index contributed by atoms with van der Waals surface area (Å²) in [6.45, 7) is 5.97. The highest BCUT2D eigenvalue weighted by Crippen LogP contribution is 2.60. The van der Waals surface area contributed by atoms with Crippen LogP contribution in [0.5, 0.6) is 0 Å². The summed E-state index contributed by atoms with van der Waals surface area (Å²) in [5, 5.41) is 0. The lowest BCUT2D eigenvalue weighted by Gasteiger charge is -2.06. The minimum Gasteiger partial charge on any atom is -0.274 e. The Balaban J connectivity index is 2.03. The molecule has 3 rings (SSSR count). The third-order valence-electron chi connectivity index (χ3n) is 4.43. The first kappa shape index (κ1) is 14.6. The molecule has 2 aromatic rings. The molecule has 0 spiro atoms. The van der Waals surface area contributed by atoms with Crippen LogP contribution in [0.3, 0.4) is 0 Å². The van der Waals surface area contributed by atoms with E-state index < -0.39 is 0 Å². The molecule has 0 bridgehead atoms. The molecule has 0 N–H and O–H groups in total. The number of hydrogen-bond acceptors (Lipinski definition) is 2. The lowest BCUT2D eigenvalue weighted by atomic mass is 10.1. The number of rotatable bonds is 2. The second-order valence-electron chi connectivity index (χ2n) is 6.10. The van der Waals surface area contributed by atoms with E-state index in [4.69, 9.17) is 23.2 Å². The summed E-state index contributed by atoms with van der Waals surface area (Å²) in [7, 11) is 0. The highest BCUT2D eigenvalue weighted by atomic mass is 35.5. The first-order valence-corrected chi connectivity index (χ1v) is 7.60. The summed E-state index contributed by atoms with van der Waals surface area (Å²) >= 11 is 11.5. The molecule has 1 saturated carbocycles. The number of aryl methyl sites for hydroxylation is 1. The Morgan fingerprint density at radius 2 is 2.00 bits per heavy atom. The largest absolute Gasteiger partial charge is 0.274 e. The fraction of sp³-hybridized carbons (Fsp3) is 0.375. The van der Waals surface area contributed by atoms with E-state index in [1.54, 1.807) is 10.6 Å². The molecule has 1 aromatic heterocycles. The van der Waals surface area contributed by atoms with Crippen molar-refractivity contribution < 1.29 is 4.79 Å². The fourth-order valence-corrected chi connectivity index (χ4v) is 3.43. The number of fused-ring (bicyclic) bond motifs is 1. The topological polar surface area (TPSA) is 34.9 Å². The van der Waals surface area contributed by atoms with Crippen LogP contribution in [0.2, 0.25) is 0 Å². The zero-order valence-electron chi connectivity index (χ0n) is 12.1. The van der Waals surface area contributed by atoms with Gasteiger partial charge in [-0.05, 0) is 36.5 Å². The van der Waals surface area contributed by atoms with Crippen LogP contribution in [0, 0.1) is 24.2 Å². The van der Waals surface area contributed by atoms with Gasteiger partial charge in [0.05, 0.1) is 17.0 Å². The predicted octanol–water partition coefficient (Wildman–Crippen LogP) is 4.58. The molecule has 0 radical (unpaired) electrons. The van der Waals surface area contributed by atoms with Gasteiger partial charge in [-0.1, -0.05) is 49.2 Å². The van der Waals surface area contributed by atoms with Crippen LogP contribution in [0.25, 0.3) is 11.0 Å².